The smallest absolute Gasteiger partial charge is 0.115 e. The van der Waals surface area contributed by atoms with Crippen LogP contribution in [0.4, 0.5) is 0 Å². The fraction of sp³-hybridized carbons (Fsp3) is 0.280. The molecule has 148 valence electrons. The van der Waals surface area contributed by atoms with Crippen LogP contribution in [0, 0.1) is 0 Å². The van der Waals surface area contributed by atoms with Crippen LogP contribution in [0.2, 0.25) is 0 Å². The van der Waals surface area contributed by atoms with Gasteiger partial charge < -0.3 is 4.52 Å². The van der Waals surface area contributed by atoms with Gasteiger partial charge in [0.05, 0.1) is 12.1 Å². The molecule has 1 saturated heterocycles. The Morgan fingerprint density at radius 3 is 1.97 bits per heavy atom. The quantitative estimate of drug-likeness (QED) is 0.473. The summed E-state index contributed by atoms with van der Waals surface area (Å²) in [6, 6.07) is 31.4. The summed E-state index contributed by atoms with van der Waals surface area (Å²) in [5.74, 6) is 0. The highest BCUT2D eigenvalue weighted by atomic mass is 31.2. The predicted octanol–water partition coefficient (Wildman–Crippen LogP) is 6.14. The molecule has 3 aromatic carbocycles. The second kappa shape index (κ2) is 7.60. The molecule has 1 heterocycles. The van der Waals surface area contributed by atoms with Crippen LogP contribution in [0.15, 0.2) is 84.9 Å². The van der Waals surface area contributed by atoms with Gasteiger partial charge in [0.1, 0.15) is 8.30 Å². The number of rotatable bonds is 3. The first-order valence-electron chi connectivity index (χ1n) is 10.3. The molecule has 3 atom stereocenters. The Bertz CT molecular complexity index is 947. The largest absolute Gasteiger partial charge is 0.337 e. The monoisotopic (exact) mass is 419 g/mol. The molecule has 0 saturated carbocycles. The average molecular weight is 419 g/mol. The van der Waals surface area contributed by atoms with Gasteiger partial charge in [0.2, 0.25) is 0 Å². The van der Waals surface area contributed by atoms with E-state index in [2.05, 4.69) is 110 Å². The van der Waals surface area contributed by atoms with E-state index in [1.165, 1.54) is 21.7 Å². The minimum Gasteiger partial charge on any atom is -0.337 e. The first-order chi connectivity index (χ1) is 14.0. The molecule has 5 rings (SSSR count). The highest BCUT2D eigenvalue weighted by Crippen LogP contribution is 2.73. The Morgan fingerprint density at radius 1 is 0.828 bits per heavy atom. The molecule has 3 aromatic rings. The maximum absolute atomic E-state index is 6.88. The highest BCUT2D eigenvalue weighted by molar-refractivity contribution is 7.78. The Labute approximate surface area is 176 Å². The summed E-state index contributed by atoms with van der Waals surface area (Å²) < 4.78 is 9.66. The van der Waals surface area contributed by atoms with Gasteiger partial charge in [-0.2, -0.15) is 0 Å². The summed E-state index contributed by atoms with van der Waals surface area (Å²) in [5, 5.41) is 2.90. The number of hydrogen-bond acceptors (Lipinski definition) is 2. The number of fused-ring (bicyclic) bond motifs is 3. The van der Waals surface area contributed by atoms with Crippen LogP contribution >= 0.6 is 16.4 Å². The lowest BCUT2D eigenvalue weighted by molar-refractivity contribution is 0.228. The standard InChI is InChI=1S/C25H27NOP2/c1-25(2,3)29-26(24-22-17-11-10-12-19(22)18-23(24)27-29)28(20-13-6-4-7-14-20)21-15-8-5-9-16-21/h4-17,23-24H,18H2,1-3H3/t23-,24+,29?/m1/s1. The van der Waals surface area contributed by atoms with Crippen LogP contribution in [-0.2, 0) is 10.9 Å². The first-order valence-corrected chi connectivity index (χ1v) is 12.8. The van der Waals surface area contributed by atoms with Gasteiger partial charge in [-0.1, -0.05) is 106 Å². The number of nitrogens with zero attached hydrogens (tertiary/aromatic N) is 1. The van der Waals surface area contributed by atoms with E-state index in [0.717, 1.165) is 6.42 Å². The van der Waals surface area contributed by atoms with Gasteiger partial charge >= 0.3 is 0 Å². The molecule has 0 bridgehead atoms. The molecule has 0 spiro atoms. The maximum atomic E-state index is 6.88. The first kappa shape index (κ1) is 19.4. The van der Waals surface area contributed by atoms with Crippen molar-refractivity contribution in [1.82, 2.24) is 4.44 Å². The van der Waals surface area contributed by atoms with Crippen LogP contribution in [0.5, 0.6) is 0 Å². The van der Waals surface area contributed by atoms with E-state index in [-0.39, 0.29) is 11.3 Å². The fourth-order valence-corrected chi connectivity index (χ4v) is 10.8. The van der Waals surface area contributed by atoms with E-state index < -0.39 is 16.4 Å². The van der Waals surface area contributed by atoms with Crippen LogP contribution in [0.1, 0.15) is 37.9 Å². The third-order valence-electron chi connectivity index (χ3n) is 5.60. The molecule has 0 radical (unpaired) electrons. The van der Waals surface area contributed by atoms with Crippen LogP contribution in [-0.4, -0.2) is 15.7 Å². The van der Waals surface area contributed by atoms with Crippen molar-refractivity contribution in [2.24, 2.45) is 0 Å². The molecule has 1 fully saturated rings. The summed E-state index contributed by atoms with van der Waals surface area (Å²) in [6.07, 6.45) is 1.29. The molecule has 1 aliphatic heterocycles. The normalized spacial score (nSPS) is 23.9. The van der Waals surface area contributed by atoms with Gasteiger partial charge in [0.15, 0.2) is 0 Å². The van der Waals surface area contributed by atoms with Crippen molar-refractivity contribution >= 4 is 27.0 Å². The highest BCUT2D eigenvalue weighted by Gasteiger charge is 2.54. The average Bonchev–Trinajstić information content (AvgIpc) is 3.27. The Kier molecular flexibility index (Phi) is 5.09. The molecular weight excluding hydrogens is 392 g/mol. The zero-order valence-electron chi connectivity index (χ0n) is 17.2. The minimum atomic E-state index is -0.732. The zero-order valence-corrected chi connectivity index (χ0v) is 19.0. The van der Waals surface area contributed by atoms with E-state index in [0.29, 0.717) is 6.04 Å². The van der Waals surface area contributed by atoms with Crippen LogP contribution in [0.3, 0.4) is 0 Å². The summed E-state index contributed by atoms with van der Waals surface area (Å²) in [7, 11) is -1.41. The zero-order chi connectivity index (χ0) is 20.0. The second-order valence-corrected chi connectivity index (χ2v) is 13.7. The van der Waals surface area contributed by atoms with Crippen molar-refractivity contribution in [1.29, 1.82) is 0 Å². The van der Waals surface area contributed by atoms with Crippen LogP contribution in [0.25, 0.3) is 0 Å². The third-order valence-corrected chi connectivity index (χ3v) is 11.1. The molecule has 2 nitrogen and oxygen atoms in total. The van der Waals surface area contributed by atoms with Gasteiger partial charge in [-0.15, -0.1) is 0 Å². The SMILES string of the molecule is CC(C)(C)P1O[C@@H]2Cc3ccccc3[C@@H]2N1P(c1ccccc1)c1ccccc1. The lowest BCUT2D eigenvalue weighted by Crippen LogP contribution is -2.30. The molecule has 1 unspecified atom stereocenters. The Balaban J connectivity index is 1.69. The molecule has 0 N–H and O–H groups in total. The Hall–Kier alpha value is -1.56. The molecule has 29 heavy (non-hydrogen) atoms. The van der Waals surface area contributed by atoms with E-state index in [1.54, 1.807) is 0 Å². The van der Waals surface area contributed by atoms with Gasteiger partial charge in [-0.25, -0.2) is 4.44 Å². The van der Waals surface area contributed by atoms with E-state index in [9.17, 15) is 0 Å². The van der Waals surface area contributed by atoms with Gasteiger partial charge in [0.25, 0.3) is 0 Å². The van der Waals surface area contributed by atoms with Crippen molar-refractivity contribution in [3.63, 3.8) is 0 Å². The van der Waals surface area contributed by atoms with Gasteiger partial charge in [-0.3, -0.25) is 0 Å². The van der Waals surface area contributed by atoms with Crippen LogP contribution < -0.4 is 10.6 Å². The fourth-order valence-electron chi connectivity index (χ4n) is 4.39. The summed E-state index contributed by atoms with van der Waals surface area (Å²) >= 11 is 0. The second-order valence-electron chi connectivity index (χ2n) is 8.74. The minimum absolute atomic E-state index is 0.0960. The predicted molar refractivity (Wildman–Crippen MR) is 125 cm³/mol. The molecule has 2 aliphatic rings. The van der Waals surface area contributed by atoms with Crippen molar-refractivity contribution in [3.8, 4) is 0 Å². The lowest BCUT2D eigenvalue weighted by atomic mass is 10.1. The Morgan fingerprint density at radius 2 is 1.38 bits per heavy atom. The van der Waals surface area contributed by atoms with Crippen molar-refractivity contribution in [2.45, 2.75) is 44.5 Å². The third kappa shape index (κ3) is 3.47. The van der Waals surface area contributed by atoms with Crippen molar-refractivity contribution in [2.75, 3.05) is 0 Å². The molecule has 1 aliphatic carbocycles. The molecular formula is C25H27NOP2. The number of hydrogen-bond donors (Lipinski definition) is 0. The number of benzene rings is 3. The molecule has 4 heteroatoms. The van der Waals surface area contributed by atoms with E-state index in [4.69, 9.17) is 4.52 Å². The van der Waals surface area contributed by atoms with Gasteiger partial charge in [0, 0.05) is 19.6 Å². The lowest BCUT2D eigenvalue weighted by Gasteiger charge is -2.40. The summed E-state index contributed by atoms with van der Waals surface area (Å²) in [5.41, 5.74) is 2.92. The van der Waals surface area contributed by atoms with Crippen molar-refractivity contribution < 1.29 is 4.52 Å². The molecule has 0 amide bonds. The van der Waals surface area contributed by atoms with Crippen molar-refractivity contribution in [3.05, 3.63) is 96.1 Å². The van der Waals surface area contributed by atoms with Gasteiger partial charge in [-0.05, 0) is 21.7 Å². The summed E-state index contributed by atoms with van der Waals surface area (Å²) in [4.78, 5) is 0. The summed E-state index contributed by atoms with van der Waals surface area (Å²) in [6.45, 7) is 7.01. The molecule has 0 aromatic heterocycles. The van der Waals surface area contributed by atoms with E-state index >= 15 is 0 Å². The van der Waals surface area contributed by atoms with E-state index in [1.807, 2.05) is 0 Å². The topological polar surface area (TPSA) is 12.5 Å². The maximum Gasteiger partial charge on any atom is 0.115 e.